The number of likely N-dealkylation sites (tertiary alicyclic amines) is 1. The first-order chi connectivity index (χ1) is 19.4. The molecule has 1 aliphatic carbocycles. The number of unbranched alkanes of at least 4 members (excludes halogenated alkanes) is 2. The van der Waals surface area contributed by atoms with Gasteiger partial charge in [0.25, 0.3) is 0 Å². The molecule has 5 atom stereocenters. The van der Waals surface area contributed by atoms with Crippen LogP contribution in [0.15, 0.2) is 36.4 Å². The highest BCUT2D eigenvalue weighted by Crippen LogP contribution is 2.28. The summed E-state index contributed by atoms with van der Waals surface area (Å²) >= 11 is 0. The Morgan fingerprint density at radius 1 is 1.12 bits per heavy atom. The number of allylic oxidation sites excluding steroid dienone is 1. The van der Waals surface area contributed by atoms with Gasteiger partial charge >= 0.3 is 12.1 Å². The number of carbonyl (C=O) groups excluding carboxylic acids is 3. The van der Waals surface area contributed by atoms with Crippen LogP contribution in [0.4, 0.5) is 4.79 Å². The molecule has 2 unspecified atom stereocenters. The molecule has 9 heteroatoms. The molecule has 1 heterocycles. The zero-order valence-electron chi connectivity index (χ0n) is 25.5. The summed E-state index contributed by atoms with van der Waals surface area (Å²) in [6, 6.07) is 6.64. The molecule has 9 nitrogen and oxygen atoms in total. The minimum Gasteiger partial charge on any atom is -0.467 e. The molecule has 0 spiro atoms. The number of rotatable bonds is 11. The largest absolute Gasteiger partial charge is 0.467 e. The molecule has 1 saturated heterocycles. The summed E-state index contributed by atoms with van der Waals surface area (Å²) in [7, 11) is 4.57. The topological polar surface area (TPSA) is 103 Å². The van der Waals surface area contributed by atoms with Gasteiger partial charge in [0, 0.05) is 33.1 Å². The standard InChI is InChI=1S/C32H46N2O7/c1-31(2,3)27(28(35)34-21-25(38-5)19-26(34)29(36)39-6)33-30(37)41-17-13-9-8-10-16-24-18-22-14-11-12-15-23(22)20-32(24,4)40-7/h10-12,14-16,18,20,24-27H,8-9,13,17,19,21H2,1-7H3,(H,33,37)/t24?,25-,26-,27+,32?/m0/s1. The van der Waals surface area contributed by atoms with Crippen LogP contribution < -0.4 is 15.8 Å². The molecule has 41 heavy (non-hydrogen) atoms. The lowest BCUT2D eigenvalue weighted by Crippen LogP contribution is -2.57. The average molecular weight is 571 g/mol. The Balaban J connectivity index is 1.49. The monoisotopic (exact) mass is 570 g/mol. The van der Waals surface area contributed by atoms with Crippen LogP contribution in [0.5, 0.6) is 0 Å². The van der Waals surface area contributed by atoms with E-state index in [1.807, 2.05) is 32.9 Å². The van der Waals surface area contributed by atoms with E-state index in [-0.39, 0.29) is 31.1 Å². The molecule has 0 bridgehead atoms. The van der Waals surface area contributed by atoms with Crippen molar-refractivity contribution in [3.05, 3.63) is 46.9 Å². The number of amides is 2. The highest BCUT2D eigenvalue weighted by Gasteiger charge is 2.45. The predicted molar refractivity (Wildman–Crippen MR) is 157 cm³/mol. The lowest BCUT2D eigenvalue weighted by Gasteiger charge is -2.34. The van der Waals surface area contributed by atoms with Crippen LogP contribution in [0, 0.1) is 11.3 Å². The van der Waals surface area contributed by atoms with Crippen LogP contribution in [0.25, 0.3) is 12.2 Å². The van der Waals surface area contributed by atoms with E-state index in [2.05, 4.69) is 48.7 Å². The van der Waals surface area contributed by atoms with E-state index in [1.54, 1.807) is 14.2 Å². The molecule has 226 valence electrons. The van der Waals surface area contributed by atoms with Gasteiger partial charge in [0.05, 0.1) is 25.4 Å². The molecule has 0 aromatic heterocycles. The number of hydrogen-bond donors (Lipinski definition) is 1. The van der Waals surface area contributed by atoms with Gasteiger partial charge in [0.2, 0.25) is 5.91 Å². The second-order valence-corrected chi connectivity index (χ2v) is 12.0. The highest BCUT2D eigenvalue weighted by atomic mass is 16.5. The molecule has 0 saturated carbocycles. The van der Waals surface area contributed by atoms with Crippen molar-refractivity contribution >= 4 is 30.1 Å². The summed E-state index contributed by atoms with van der Waals surface area (Å²) in [4.78, 5) is 39.9. The van der Waals surface area contributed by atoms with Crippen molar-refractivity contribution in [2.75, 3.05) is 34.5 Å². The fourth-order valence-corrected chi connectivity index (χ4v) is 5.32. The van der Waals surface area contributed by atoms with Crippen molar-refractivity contribution in [2.45, 2.75) is 77.2 Å². The molecule has 2 amide bonds. The number of ether oxygens (including phenoxy) is 4. The van der Waals surface area contributed by atoms with Crippen LogP contribution in [-0.4, -0.2) is 81.1 Å². The number of hydrogen-bond acceptors (Lipinski definition) is 7. The Hall–Kier alpha value is -3.17. The van der Waals surface area contributed by atoms with Gasteiger partial charge < -0.3 is 29.2 Å². The van der Waals surface area contributed by atoms with Crippen LogP contribution >= 0.6 is 0 Å². The van der Waals surface area contributed by atoms with Gasteiger partial charge in [-0.2, -0.15) is 0 Å². The summed E-state index contributed by atoms with van der Waals surface area (Å²) < 4.78 is 21.6. The molecule has 1 fully saturated rings. The second-order valence-electron chi connectivity index (χ2n) is 12.0. The zero-order valence-corrected chi connectivity index (χ0v) is 25.5. The summed E-state index contributed by atoms with van der Waals surface area (Å²) in [6.45, 7) is 8.14. The molecular weight excluding hydrogens is 524 g/mol. The Kier molecular flexibility index (Phi) is 11.2. The minimum absolute atomic E-state index is 0.116. The highest BCUT2D eigenvalue weighted by molar-refractivity contribution is 5.91. The van der Waals surface area contributed by atoms with Gasteiger partial charge in [-0.05, 0) is 48.1 Å². The van der Waals surface area contributed by atoms with E-state index in [1.165, 1.54) is 22.4 Å². The predicted octanol–water partition coefficient (Wildman–Crippen LogP) is 2.94. The zero-order chi connectivity index (χ0) is 30.2. The van der Waals surface area contributed by atoms with Gasteiger partial charge in [-0.3, -0.25) is 4.79 Å². The summed E-state index contributed by atoms with van der Waals surface area (Å²) in [5, 5.41) is 5.11. The average Bonchev–Trinajstić information content (AvgIpc) is 3.39. The fraction of sp³-hybridized carbons (Fsp3) is 0.594. The first-order valence-electron chi connectivity index (χ1n) is 14.3. The van der Waals surface area contributed by atoms with Crippen molar-refractivity contribution in [2.24, 2.45) is 11.3 Å². The molecule has 1 aliphatic heterocycles. The van der Waals surface area contributed by atoms with E-state index in [0.29, 0.717) is 12.8 Å². The van der Waals surface area contributed by atoms with Crippen molar-refractivity contribution in [1.82, 2.24) is 10.2 Å². The number of esters is 1. The third kappa shape index (κ3) is 8.20. The quantitative estimate of drug-likeness (QED) is 0.248. The lowest BCUT2D eigenvalue weighted by atomic mass is 9.83. The first kappa shape index (κ1) is 32.3. The number of fused-ring (bicyclic) bond motifs is 1. The van der Waals surface area contributed by atoms with Gasteiger partial charge in [0.15, 0.2) is 0 Å². The smallest absolute Gasteiger partial charge is 0.407 e. The molecule has 1 aromatic rings. The molecule has 0 radical (unpaired) electrons. The SMILES string of the molecule is COC(=O)[C@@H]1C[C@H](OC)CN1C(=O)[C@@H](NC(=O)OCCCCC=CC1C=c2ccccc2=CC1(C)OC)C(C)(C)C. The summed E-state index contributed by atoms with van der Waals surface area (Å²) in [5.41, 5.74) is -1.03. The van der Waals surface area contributed by atoms with E-state index < -0.39 is 35.2 Å². The van der Waals surface area contributed by atoms with Crippen LogP contribution in [0.2, 0.25) is 0 Å². The van der Waals surface area contributed by atoms with E-state index in [9.17, 15) is 14.4 Å². The van der Waals surface area contributed by atoms with Crippen molar-refractivity contribution in [3.8, 4) is 0 Å². The molecule has 2 aliphatic rings. The number of methoxy groups -OCH3 is 3. The van der Waals surface area contributed by atoms with Crippen LogP contribution in [0.1, 0.15) is 53.4 Å². The number of alkyl carbamates (subject to hydrolysis) is 1. The first-order valence-corrected chi connectivity index (χ1v) is 14.3. The Labute approximate surface area is 243 Å². The molecule has 1 N–H and O–H groups in total. The van der Waals surface area contributed by atoms with Crippen molar-refractivity contribution < 1.29 is 33.3 Å². The third-order valence-electron chi connectivity index (χ3n) is 7.97. The Morgan fingerprint density at radius 2 is 1.83 bits per heavy atom. The van der Waals surface area contributed by atoms with E-state index in [0.717, 1.165) is 12.8 Å². The number of benzene rings is 1. The van der Waals surface area contributed by atoms with Gasteiger partial charge in [0.1, 0.15) is 12.1 Å². The maximum absolute atomic E-state index is 13.5. The maximum atomic E-state index is 13.5. The van der Waals surface area contributed by atoms with Crippen molar-refractivity contribution in [3.63, 3.8) is 0 Å². The number of carbonyl (C=O) groups is 3. The second kappa shape index (κ2) is 14.1. The maximum Gasteiger partial charge on any atom is 0.407 e. The summed E-state index contributed by atoms with van der Waals surface area (Å²) in [6.07, 6.45) is 10.5. The minimum atomic E-state index is -0.885. The van der Waals surface area contributed by atoms with Gasteiger partial charge in [-0.15, -0.1) is 0 Å². The Bertz CT molecular complexity index is 1220. The fourth-order valence-electron chi connectivity index (χ4n) is 5.32. The van der Waals surface area contributed by atoms with E-state index in [4.69, 9.17) is 18.9 Å². The summed E-state index contributed by atoms with van der Waals surface area (Å²) in [5.74, 6) is -0.750. The number of nitrogens with one attached hydrogen (secondary N) is 1. The van der Waals surface area contributed by atoms with E-state index >= 15 is 0 Å². The molecule has 1 aromatic carbocycles. The lowest BCUT2D eigenvalue weighted by molar-refractivity contribution is -0.152. The molecule has 3 rings (SSSR count). The normalized spacial score (nSPS) is 24.7. The number of nitrogens with zero attached hydrogens (tertiary/aromatic N) is 1. The van der Waals surface area contributed by atoms with Crippen LogP contribution in [0.3, 0.4) is 0 Å². The third-order valence-corrected chi connectivity index (χ3v) is 7.97. The van der Waals surface area contributed by atoms with Crippen molar-refractivity contribution in [1.29, 1.82) is 0 Å². The van der Waals surface area contributed by atoms with Gasteiger partial charge in [-0.1, -0.05) is 63.3 Å². The Morgan fingerprint density at radius 3 is 2.46 bits per heavy atom. The van der Waals surface area contributed by atoms with Crippen LogP contribution in [-0.2, 0) is 28.5 Å². The molecular formula is C32H46N2O7. The van der Waals surface area contributed by atoms with Gasteiger partial charge in [-0.25, -0.2) is 9.59 Å².